The molecular formula is C25H34FN6O8P. The first-order chi connectivity index (χ1) is 19.3. The third-order valence-electron chi connectivity index (χ3n) is 6.09. The monoisotopic (exact) mass is 596 g/mol. The van der Waals surface area contributed by atoms with Crippen LogP contribution in [0, 0.1) is 0 Å². The standard InChI is InChI=1S/C25H34FN6O8P/c1-6-36-21-18-20(29-24(27)30-21)32(13-28-18)23-25(5,26)19(33)17(39-23)12-37-41(35,40-16-10-8-7-9-11-16)31-15(4)22(34)38-14(2)3/h7-11,13-15,17,19,23,33H,6,12H2,1-5H3,(H,31,35)(H2,27,29,30)/t15?,17?,19-,23?,25-,41+/m1/s1. The van der Waals surface area contributed by atoms with Crippen LogP contribution in [0.2, 0.25) is 0 Å². The quantitative estimate of drug-likeness (QED) is 0.205. The maximum absolute atomic E-state index is 16.0. The van der Waals surface area contributed by atoms with Gasteiger partial charge in [-0.05, 0) is 46.8 Å². The Bertz CT molecular complexity index is 1410. The van der Waals surface area contributed by atoms with Gasteiger partial charge in [0, 0.05) is 0 Å². The number of nitrogens with zero attached hydrogens (tertiary/aromatic N) is 4. The van der Waals surface area contributed by atoms with Gasteiger partial charge < -0.3 is 29.6 Å². The summed E-state index contributed by atoms with van der Waals surface area (Å²) in [5.74, 6) is -0.519. The normalized spacial score (nSPS) is 24.7. The molecule has 0 saturated carbocycles. The number of para-hydroxylation sites is 1. The summed E-state index contributed by atoms with van der Waals surface area (Å²) >= 11 is 0. The van der Waals surface area contributed by atoms with Crippen LogP contribution >= 0.6 is 7.75 Å². The van der Waals surface area contributed by atoms with Crippen LogP contribution in [0.25, 0.3) is 11.2 Å². The molecule has 1 fully saturated rings. The molecule has 3 heterocycles. The number of alkyl halides is 1. The summed E-state index contributed by atoms with van der Waals surface area (Å²) in [5, 5.41) is 13.4. The van der Waals surface area contributed by atoms with Crippen molar-refractivity contribution in [1.29, 1.82) is 0 Å². The maximum Gasteiger partial charge on any atom is 0.459 e. The van der Waals surface area contributed by atoms with Crippen LogP contribution in [0.4, 0.5) is 10.3 Å². The van der Waals surface area contributed by atoms with E-state index >= 15 is 4.39 Å². The number of rotatable bonds is 12. The van der Waals surface area contributed by atoms with Gasteiger partial charge in [0.1, 0.15) is 24.0 Å². The lowest BCUT2D eigenvalue weighted by molar-refractivity contribution is -0.149. The number of nitrogen functional groups attached to an aromatic ring is 1. The summed E-state index contributed by atoms with van der Waals surface area (Å²) in [5.41, 5.74) is 3.79. The number of hydrogen-bond donors (Lipinski definition) is 3. The number of hydrogen-bond acceptors (Lipinski definition) is 12. The van der Waals surface area contributed by atoms with Crippen LogP contribution in [-0.2, 0) is 23.4 Å². The molecule has 41 heavy (non-hydrogen) atoms. The van der Waals surface area contributed by atoms with E-state index in [0.717, 1.165) is 6.92 Å². The Labute approximate surface area is 235 Å². The number of nitrogens with two attached hydrogens (primary N) is 1. The molecule has 1 saturated heterocycles. The van der Waals surface area contributed by atoms with E-state index in [1.54, 1.807) is 51.1 Å². The van der Waals surface area contributed by atoms with E-state index in [9.17, 15) is 14.5 Å². The van der Waals surface area contributed by atoms with E-state index < -0.39 is 56.6 Å². The highest BCUT2D eigenvalue weighted by Gasteiger charge is 2.56. The fraction of sp³-hybridized carbons (Fsp3) is 0.520. The molecule has 1 aromatic carbocycles. The molecule has 14 nitrogen and oxygen atoms in total. The first-order valence-electron chi connectivity index (χ1n) is 13.0. The minimum Gasteiger partial charge on any atom is -0.476 e. The highest BCUT2D eigenvalue weighted by Crippen LogP contribution is 2.48. The summed E-state index contributed by atoms with van der Waals surface area (Å²) in [6.45, 7) is 7.38. The Hall–Kier alpha value is -3.36. The number of aliphatic hydroxyl groups excluding tert-OH is 1. The SMILES string of the molecule is CCOc1nc(N)nc2c1ncn2C1OC(CO[P@@](=O)(NC(C)C(=O)OC(C)C)Oc2ccccc2)[C@@H](O)[C@@]1(C)F. The Morgan fingerprint density at radius 1 is 1.29 bits per heavy atom. The van der Waals surface area contributed by atoms with Crippen molar-refractivity contribution in [2.45, 2.75) is 70.9 Å². The van der Waals surface area contributed by atoms with Crippen LogP contribution in [-0.4, -0.2) is 73.8 Å². The van der Waals surface area contributed by atoms with Crippen molar-refractivity contribution in [3.05, 3.63) is 36.7 Å². The van der Waals surface area contributed by atoms with E-state index in [-0.39, 0.29) is 35.3 Å². The van der Waals surface area contributed by atoms with Gasteiger partial charge in [-0.1, -0.05) is 18.2 Å². The summed E-state index contributed by atoms with van der Waals surface area (Å²) < 4.78 is 58.8. The number of fused-ring (bicyclic) bond motifs is 1. The van der Waals surface area contributed by atoms with E-state index in [0.29, 0.717) is 0 Å². The van der Waals surface area contributed by atoms with Gasteiger partial charge in [0.25, 0.3) is 0 Å². The predicted octanol–water partition coefficient (Wildman–Crippen LogP) is 2.93. The van der Waals surface area contributed by atoms with Crippen molar-refractivity contribution in [3.8, 4) is 11.6 Å². The van der Waals surface area contributed by atoms with E-state index in [2.05, 4.69) is 20.0 Å². The molecule has 0 spiro atoms. The minimum absolute atomic E-state index is 0.114. The van der Waals surface area contributed by atoms with E-state index in [4.69, 9.17) is 29.0 Å². The summed E-state index contributed by atoms with van der Waals surface area (Å²) in [4.78, 5) is 24.8. The molecule has 1 aliphatic heterocycles. The van der Waals surface area contributed by atoms with Crippen LogP contribution in [0.3, 0.4) is 0 Å². The zero-order valence-electron chi connectivity index (χ0n) is 23.3. The smallest absolute Gasteiger partial charge is 0.459 e. The molecule has 2 aromatic heterocycles. The van der Waals surface area contributed by atoms with Crippen molar-refractivity contribution in [1.82, 2.24) is 24.6 Å². The molecule has 224 valence electrons. The molecule has 1 aliphatic rings. The summed E-state index contributed by atoms with van der Waals surface area (Å²) in [7, 11) is -4.29. The third-order valence-corrected chi connectivity index (χ3v) is 7.74. The van der Waals surface area contributed by atoms with Gasteiger partial charge in [0.2, 0.25) is 11.8 Å². The van der Waals surface area contributed by atoms with Crippen molar-refractivity contribution in [3.63, 3.8) is 0 Å². The molecular weight excluding hydrogens is 562 g/mol. The van der Waals surface area contributed by atoms with Gasteiger partial charge in [-0.3, -0.25) is 13.9 Å². The van der Waals surface area contributed by atoms with Crippen molar-refractivity contribution >= 4 is 30.8 Å². The molecule has 4 rings (SSSR count). The number of carbonyl (C=O) groups excluding carboxylic acids is 1. The van der Waals surface area contributed by atoms with Crippen molar-refractivity contribution in [2.24, 2.45) is 0 Å². The van der Waals surface area contributed by atoms with E-state index in [1.165, 1.54) is 17.8 Å². The number of ether oxygens (including phenoxy) is 3. The first-order valence-corrected chi connectivity index (χ1v) is 14.5. The highest BCUT2D eigenvalue weighted by atomic mass is 31.2. The van der Waals surface area contributed by atoms with Crippen LogP contribution in [0.1, 0.15) is 40.8 Å². The molecule has 0 bridgehead atoms. The number of carbonyl (C=O) groups is 1. The second-order valence-electron chi connectivity index (χ2n) is 9.80. The lowest BCUT2D eigenvalue weighted by Gasteiger charge is -2.25. The predicted molar refractivity (Wildman–Crippen MR) is 145 cm³/mol. The van der Waals surface area contributed by atoms with Gasteiger partial charge >= 0.3 is 13.7 Å². The Kier molecular flexibility index (Phi) is 9.14. The number of benzene rings is 1. The number of aromatic nitrogens is 4. The van der Waals surface area contributed by atoms with Crippen LogP contribution < -0.4 is 20.1 Å². The Morgan fingerprint density at radius 3 is 2.66 bits per heavy atom. The number of anilines is 1. The van der Waals surface area contributed by atoms with Gasteiger partial charge in [-0.2, -0.15) is 15.1 Å². The Balaban J connectivity index is 1.56. The molecule has 4 N–H and O–H groups in total. The molecule has 16 heteroatoms. The second kappa shape index (κ2) is 12.2. The van der Waals surface area contributed by atoms with Crippen molar-refractivity contribution < 1.29 is 42.1 Å². The number of halogens is 1. The van der Waals surface area contributed by atoms with Crippen LogP contribution in [0.15, 0.2) is 36.7 Å². The lowest BCUT2D eigenvalue weighted by atomic mass is 9.98. The zero-order valence-corrected chi connectivity index (χ0v) is 24.2. The van der Waals surface area contributed by atoms with Gasteiger partial charge in [0.05, 0.1) is 25.6 Å². The fourth-order valence-corrected chi connectivity index (χ4v) is 5.67. The fourth-order valence-electron chi connectivity index (χ4n) is 4.17. The Morgan fingerprint density at radius 2 is 2.00 bits per heavy atom. The summed E-state index contributed by atoms with van der Waals surface area (Å²) in [6, 6.07) is 7.03. The minimum atomic E-state index is -4.29. The average Bonchev–Trinajstić information content (AvgIpc) is 3.41. The molecule has 3 unspecified atom stereocenters. The second-order valence-corrected chi connectivity index (χ2v) is 11.5. The molecule has 0 radical (unpaired) electrons. The molecule has 3 aromatic rings. The molecule has 0 amide bonds. The number of nitrogens with one attached hydrogen (secondary N) is 1. The highest BCUT2D eigenvalue weighted by molar-refractivity contribution is 7.52. The molecule has 0 aliphatic carbocycles. The van der Waals surface area contributed by atoms with E-state index in [1.807, 2.05) is 0 Å². The first kappa shape index (κ1) is 30.6. The van der Waals surface area contributed by atoms with Gasteiger partial charge in [-0.15, -0.1) is 0 Å². The van der Waals surface area contributed by atoms with Gasteiger partial charge in [-0.25, -0.2) is 13.9 Å². The third kappa shape index (κ3) is 6.76. The zero-order chi connectivity index (χ0) is 29.9. The molecule has 6 atom stereocenters. The van der Waals surface area contributed by atoms with Crippen molar-refractivity contribution in [2.75, 3.05) is 18.9 Å². The average molecular weight is 597 g/mol. The lowest BCUT2D eigenvalue weighted by Crippen LogP contribution is -2.41. The largest absolute Gasteiger partial charge is 0.476 e. The van der Waals surface area contributed by atoms with Gasteiger partial charge in [0.15, 0.2) is 23.1 Å². The maximum atomic E-state index is 16.0. The van der Waals surface area contributed by atoms with Crippen LogP contribution in [0.5, 0.6) is 11.6 Å². The number of esters is 1. The topological polar surface area (TPSA) is 182 Å². The number of imidazole rings is 1. The summed E-state index contributed by atoms with van der Waals surface area (Å²) in [6.07, 6.45) is -3.61. The number of aliphatic hydroxyl groups is 1.